The number of halogens is 18. The van der Waals surface area contributed by atoms with Crippen LogP contribution in [0.1, 0.15) is 161 Å². The average molecular weight is 2050 g/mol. The van der Waals surface area contributed by atoms with Gasteiger partial charge in [0.25, 0.3) is 0 Å². The number of carbonyl (C=O) groups excluding carboxylic acids is 3. The first-order valence-electron chi connectivity index (χ1n) is 47.2. The maximum absolute atomic E-state index is 13.9. The van der Waals surface area contributed by atoms with Gasteiger partial charge >= 0.3 is 37.1 Å². The Bertz CT molecular complexity index is 7580. The summed E-state index contributed by atoms with van der Waals surface area (Å²) < 4.78 is 263. The maximum atomic E-state index is 13.9. The molecule has 0 bridgehead atoms. The number of allylic oxidation sites excluding steroid dienone is 15. The second-order valence-electron chi connectivity index (χ2n) is 40.7. The average Bonchev–Trinajstić information content (AvgIpc) is 1.56. The molecule has 19 rings (SSSR count). The van der Waals surface area contributed by atoms with Gasteiger partial charge in [0, 0.05) is 156 Å². The van der Waals surface area contributed by atoms with Crippen molar-refractivity contribution < 1.29 is 132 Å². The van der Waals surface area contributed by atoms with Gasteiger partial charge in [-0.2, -0.15) is 92.8 Å². The van der Waals surface area contributed by atoms with Gasteiger partial charge in [-0.1, -0.05) is 156 Å². The Morgan fingerprint density at radius 2 is 0.615 bits per heavy atom. The van der Waals surface area contributed by atoms with E-state index in [4.69, 9.17) is 9.47 Å². The molecule has 0 aromatic heterocycles. The third-order valence-electron chi connectivity index (χ3n) is 29.2. The fourth-order valence-corrected chi connectivity index (χ4v) is 21.0. The van der Waals surface area contributed by atoms with Crippen molar-refractivity contribution in [3.63, 3.8) is 0 Å². The Labute approximate surface area is 841 Å². The topological polar surface area (TPSA) is 158 Å². The van der Waals surface area contributed by atoms with E-state index in [2.05, 4.69) is 0 Å². The molecule has 0 amide bonds. The van der Waals surface area contributed by atoms with Crippen molar-refractivity contribution in [3.8, 4) is 11.5 Å². The van der Waals surface area contributed by atoms with Crippen LogP contribution in [0.4, 0.5) is 113 Å². The summed E-state index contributed by atoms with van der Waals surface area (Å²) in [7, 11) is 3.33. The van der Waals surface area contributed by atoms with E-state index in [1.54, 1.807) is 140 Å². The van der Waals surface area contributed by atoms with E-state index in [0.29, 0.717) is 113 Å². The Balaban J connectivity index is 0.000000154. The lowest BCUT2D eigenvalue weighted by atomic mass is 9.77. The smallest absolute Gasteiger partial charge is 0.416 e. The van der Waals surface area contributed by atoms with Crippen molar-refractivity contribution in [2.45, 2.75) is 166 Å². The van der Waals surface area contributed by atoms with Crippen LogP contribution in [0.15, 0.2) is 335 Å². The number of rotatable bonds is 18. The molecule has 6 heterocycles. The molecule has 0 saturated heterocycles. The number of nitrogens with zero attached hydrogens (tertiary/aromatic N) is 6. The summed E-state index contributed by atoms with van der Waals surface area (Å²) in [5.41, 5.74) is -1.28. The summed E-state index contributed by atoms with van der Waals surface area (Å²) in [4.78, 5) is 46.3. The lowest BCUT2D eigenvalue weighted by molar-refractivity contribution is -0.455. The number of likely N-dealkylation sites (N-methyl/N-ethyl adjacent to an activating group) is 1. The van der Waals surface area contributed by atoms with Crippen LogP contribution < -0.4 is 39.5 Å². The van der Waals surface area contributed by atoms with E-state index in [-0.39, 0.29) is 72.8 Å². The fourth-order valence-electron chi connectivity index (χ4n) is 21.0. The highest BCUT2D eigenvalue weighted by atomic mass is 19.4. The van der Waals surface area contributed by atoms with Crippen LogP contribution in [-0.2, 0) is 97.0 Å². The van der Waals surface area contributed by atoms with Gasteiger partial charge < -0.3 is 39.5 Å². The lowest BCUT2D eigenvalue weighted by Crippen LogP contribution is -2.35. The molecule has 0 radical (unpaired) electrons. The number of hydrogen-bond acceptors (Lipinski definition) is 11. The summed E-state index contributed by atoms with van der Waals surface area (Å²) in [6.45, 7) is 22.2. The molecule has 10 aromatic rings. The molecule has 10 aromatic carbocycles. The minimum absolute atomic E-state index is 0.0963. The second kappa shape index (κ2) is 37.1. The Hall–Kier alpha value is -15.0. The van der Waals surface area contributed by atoms with Crippen LogP contribution in [0.2, 0.25) is 0 Å². The summed E-state index contributed by atoms with van der Waals surface area (Å²) in [6, 6.07) is 57.7. The molecule has 0 N–H and O–H groups in total. The number of anilines is 3. The van der Waals surface area contributed by atoms with Gasteiger partial charge in [0.2, 0.25) is 17.1 Å². The molecule has 766 valence electrons. The monoisotopic (exact) mass is 2040 g/mol. The third kappa shape index (κ3) is 18.8. The van der Waals surface area contributed by atoms with E-state index in [0.717, 1.165) is 83.9 Å². The van der Waals surface area contributed by atoms with Gasteiger partial charge in [-0.25, -0.2) is 0 Å². The number of ether oxygens (including phenoxy) is 2. The van der Waals surface area contributed by atoms with Crippen molar-refractivity contribution in [2.75, 3.05) is 55.1 Å². The first-order valence-corrected chi connectivity index (χ1v) is 47.2. The zero-order chi connectivity index (χ0) is 107. The highest BCUT2D eigenvalue weighted by Crippen LogP contribution is 2.57. The first kappa shape index (κ1) is 104. The van der Waals surface area contributed by atoms with Gasteiger partial charge in [-0.15, -0.1) is 0 Å². The van der Waals surface area contributed by atoms with Crippen molar-refractivity contribution in [1.29, 1.82) is 0 Å². The number of ketones is 3. The molecule has 6 aliphatic heterocycles. The number of fused-ring (bicyclic) bond motifs is 6. The van der Waals surface area contributed by atoms with Gasteiger partial charge in [-0.3, -0.25) is 14.4 Å². The number of alkyl halides is 18. The molecular formula is C116H98F18N6O8. The van der Waals surface area contributed by atoms with Crippen molar-refractivity contribution in [3.05, 3.63) is 413 Å². The molecule has 9 aliphatic rings. The Kier molecular flexibility index (Phi) is 26.2. The maximum Gasteiger partial charge on any atom is 0.416 e. The summed E-state index contributed by atoms with van der Waals surface area (Å²) in [5, 5.41) is 41.0. The van der Waals surface area contributed by atoms with E-state index >= 15 is 0 Å². The van der Waals surface area contributed by atoms with Crippen LogP contribution in [-0.4, -0.2) is 88.6 Å². The zero-order valence-electron chi connectivity index (χ0n) is 82.4. The highest BCUT2D eigenvalue weighted by Gasteiger charge is 2.54. The van der Waals surface area contributed by atoms with Crippen LogP contribution >= 0.6 is 0 Å². The molecule has 14 nitrogen and oxygen atoms in total. The Morgan fingerprint density at radius 1 is 0.318 bits per heavy atom. The van der Waals surface area contributed by atoms with Crippen molar-refractivity contribution >= 4 is 68.6 Å². The molecule has 32 heteroatoms. The minimum Gasteiger partial charge on any atom is -0.871 e. The van der Waals surface area contributed by atoms with Crippen LogP contribution in [0.3, 0.4) is 0 Å². The quantitative estimate of drug-likeness (QED) is 0.0457. The van der Waals surface area contributed by atoms with Gasteiger partial charge in [0.1, 0.15) is 31.8 Å². The van der Waals surface area contributed by atoms with Crippen LogP contribution in [0.25, 0.3) is 0 Å². The minimum atomic E-state index is -4.59. The lowest BCUT2D eigenvalue weighted by Gasteiger charge is -2.33. The van der Waals surface area contributed by atoms with Gasteiger partial charge in [0.15, 0.2) is 47.6 Å². The SMILES string of the molecule is CC1(C)C(C=C2C(=O)C(/C=C3\N(CCOc4ccccc4)c4ccc(C(F)(F)F)cc4C3(C)C)=C2[O-])=[N+](CCOc2ccccc2)c2ccc(C(F)(F)F)cc21.CC1(C)C(C=C2C(=O)C(/C=C3\N(Cc4ccccc4)c4ccc(C(F)(F)F)cc4C3(C)C)=C2[O-])=[N+](Cc2ccccc2)c2ccc(C(F)(F)F)cc21.CN1/C(=C\C2=C([O-])C(=C\C3=[N+](C)c4ccc(C(F)(F)F)cc4C3(C)C)/C2=O)C(C)(C)c2cc(C(F)(F)F)ccc21. The standard InChI is InChI=1S/C44H38F6N2O4.C42H34F6N2O2.C30H26F6N2O2/c1-41(2)33-23-27(43(45,46)47)15-17-35(33)51(19-21-55-29-11-7-5-8-12-29)37(41)25-31-39(53)32(40(31)54)26-38-42(3,4)34-24-28(44(48,49)50)16-18-36(34)52(38)20-22-56-30-13-9-6-10-14-30;1-39(2)31-19-27(41(43,44)45)15-17-33(31)49(23-25-11-7-5-8-12-25)35(39)21-29-37(51)30(38(29)52)22-36-40(3,4)32-20-28(42(46,47)48)16-18-34(32)50(36)24-26-13-9-6-10-14-26;1-27(2)19-11-15(29(31,32)33)7-9-21(19)37(5)23(27)13-17-25(39)18(26(17)40)14-24-28(3,4)20-12-16(30(34,35)36)8-10-22(20)38(24)6/h5-18,23-26H,19-22H2,1-4H3;5-22H,23-24H2,1-4H3;7-14H,1-6H3. The summed E-state index contributed by atoms with van der Waals surface area (Å²) in [6.07, 6.45) is -18.6. The number of carbonyl (C=O) groups is 3. The van der Waals surface area contributed by atoms with Gasteiger partial charge in [-0.05, 0) is 197 Å². The fraction of sp³-hybridized carbons (Fsp3) is 0.276. The largest absolute Gasteiger partial charge is 0.871 e. The predicted molar refractivity (Wildman–Crippen MR) is 519 cm³/mol. The molecule has 0 saturated carbocycles. The first-order chi connectivity index (χ1) is 69.0. The van der Waals surface area contributed by atoms with E-state index in [9.17, 15) is 109 Å². The van der Waals surface area contributed by atoms with Crippen LogP contribution in [0.5, 0.6) is 11.5 Å². The normalized spacial score (nSPS) is 19.8. The van der Waals surface area contributed by atoms with Gasteiger partial charge in [0.05, 0.1) is 56.2 Å². The van der Waals surface area contributed by atoms with Crippen molar-refractivity contribution in [2.24, 2.45) is 0 Å². The molecular weight excluding hydrogens is 1950 g/mol. The number of benzene rings is 10. The highest BCUT2D eigenvalue weighted by molar-refractivity contribution is 6.26. The number of hydrogen-bond donors (Lipinski definition) is 0. The van der Waals surface area contributed by atoms with Crippen LogP contribution in [0, 0.1) is 0 Å². The molecule has 0 fully saturated rings. The van der Waals surface area contributed by atoms with Crippen molar-refractivity contribution in [1.82, 2.24) is 0 Å². The predicted octanol–water partition coefficient (Wildman–Crippen LogP) is 24.5. The molecule has 0 unspecified atom stereocenters. The summed E-state index contributed by atoms with van der Waals surface area (Å²) >= 11 is 0. The van der Waals surface area contributed by atoms with E-state index < -0.39 is 138 Å². The number of Topliss-reactive ketones (excluding diaryl/α,β-unsaturated/α-hetero) is 3. The second-order valence-corrected chi connectivity index (χ2v) is 40.7. The Morgan fingerprint density at radius 3 is 1.01 bits per heavy atom. The molecule has 3 aliphatic carbocycles. The zero-order valence-corrected chi connectivity index (χ0v) is 82.4. The molecule has 0 spiro atoms. The van der Waals surface area contributed by atoms with E-state index in [1.807, 2.05) is 107 Å². The molecule has 0 atom stereocenters. The summed E-state index contributed by atoms with van der Waals surface area (Å²) in [5.74, 6) is -2.12. The molecule has 148 heavy (non-hydrogen) atoms. The third-order valence-corrected chi connectivity index (χ3v) is 29.2. The number of para-hydroxylation sites is 2. The van der Waals surface area contributed by atoms with E-state index in [1.165, 1.54) is 72.9 Å².